The lowest BCUT2D eigenvalue weighted by atomic mass is 9.85. The Kier molecular flexibility index (Phi) is 3.89. The molecule has 2 N–H and O–H groups in total. The first kappa shape index (κ1) is 14.4. The van der Waals surface area contributed by atoms with Crippen molar-refractivity contribution in [2.24, 2.45) is 5.92 Å². The van der Waals surface area contributed by atoms with Crippen LogP contribution in [0.2, 0.25) is 0 Å². The molecule has 0 bridgehead atoms. The third-order valence-corrected chi connectivity index (χ3v) is 5.86. The highest BCUT2D eigenvalue weighted by molar-refractivity contribution is 7.21. The quantitative estimate of drug-likeness (QED) is 0.926. The van der Waals surface area contributed by atoms with Crippen LogP contribution in [0.4, 0.5) is 5.69 Å². The molecular weight excluding hydrogens is 280 g/mol. The summed E-state index contributed by atoms with van der Waals surface area (Å²) in [7, 11) is 0. The number of nitrogens with two attached hydrogens (primary N) is 1. The lowest BCUT2D eigenvalue weighted by Crippen LogP contribution is -2.37. The molecule has 4 heteroatoms. The van der Waals surface area contributed by atoms with Gasteiger partial charge in [-0.25, -0.2) is 0 Å². The molecule has 1 aromatic heterocycles. The molecule has 1 aromatic carbocycles. The molecule has 1 amide bonds. The predicted molar refractivity (Wildman–Crippen MR) is 89.9 cm³/mol. The lowest BCUT2D eigenvalue weighted by molar-refractivity contribution is 0.0712. The fourth-order valence-electron chi connectivity index (χ4n) is 2.92. The maximum atomic E-state index is 12.8. The van der Waals surface area contributed by atoms with Crippen molar-refractivity contribution in [3.63, 3.8) is 0 Å². The number of aryl methyl sites for hydroxylation is 1. The van der Waals surface area contributed by atoms with Gasteiger partial charge in [-0.3, -0.25) is 4.79 Å². The number of carbonyl (C=O) groups is 1. The van der Waals surface area contributed by atoms with Crippen molar-refractivity contribution in [1.29, 1.82) is 0 Å². The van der Waals surface area contributed by atoms with Crippen molar-refractivity contribution in [3.05, 3.63) is 28.6 Å². The molecule has 3 rings (SSSR count). The Morgan fingerprint density at radius 2 is 2.19 bits per heavy atom. The number of thiophene rings is 1. The summed E-state index contributed by atoms with van der Waals surface area (Å²) in [5.74, 6) is 0.786. The highest BCUT2D eigenvalue weighted by Gasteiger charge is 2.26. The van der Waals surface area contributed by atoms with E-state index < -0.39 is 0 Å². The standard InChI is InChI=1S/C17H22N2OS/c1-3-19(10-12-7-5-8-12)17(20)16-14(18)13-9-4-6-11(2)15(13)21-16/h4,6,9,12H,3,5,7-8,10,18H2,1-2H3. The Morgan fingerprint density at radius 1 is 1.43 bits per heavy atom. The van der Waals surface area contributed by atoms with Crippen molar-refractivity contribution >= 4 is 33.0 Å². The highest BCUT2D eigenvalue weighted by atomic mass is 32.1. The summed E-state index contributed by atoms with van der Waals surface area (Å²) in [5.41, 5.74) is 8.08. The zero-order chi connectivity index (χ0) is 15.0. The van der Waals surface area contributed by atoms with Crippen LogP contribution in [0.5, 0.6) is 0 Å². The zero-order valence-corrected chi connectivity index (χ0v) is 13.5. The van der Waals surface area contributed by atoms with E-state index in [9.17, 15) is 4.79 Å². The van der Waals surface area contributed by atoms with E-state index >= 15 is 0 Å². The number of fused-ring (bicyclic) bond motifs is 1. The second-order valence-corrected chi connectivity index (χ2v) is 6.96. The highest BCUT2D eigenvalue weighted by Crippen LogP contribution is 2.37. The topological polar surface area (TPSA) is 46.3 Å². The van der Waals surface area contributed by atoms with Gasteiger partial charge < -0.3 is 10.6 Å². The molecule has 0 aliphatic heterocycles. The van der Waals surface area contributed by atoms with E-state index in [1.807, 2.05) is 24.0 Å². The second kappa shape index (κ2) is 5.68. The molecule has 1 heterocycles. The maximum Gasteiger partial charge on any atom is 0.266 e. The number of anilines is 1. The summed E-state index contributed by atoms with van der Waals surface area (Å²) >= 11 is 1.54. The Morgan fingerprint density at radius 3 is 2.76 bits per heavy atom. The summed E-state index contributed by atoms with van der Waals surface area (Å²) in [6.07, 6.45) is 3.82. The predicted octanol–water partition coefficient (Wildman–Crippen LogP) is 4.05. The minimum absolute atomic E-state index is 0.0995. The van der Waals surface area contributed by atoms with Crippen LogP contribution in [0, 0.1) is 12.8 Å². The van der Waals surface area contributed by atoms with E-state index in [0.29, 0.717) is 16.5 Å². The first-order chi connectivity index (χ1) is 10.1. The van der Waals surface area contributed by atoms with Crippen LogP contribution in [-0.4, -0.2) is 23.9 Å². The Balaban J connectivity index is 1.92. The monoisotopic (exact) mass is 302 g/mol. The van der Waals surface area contributed by atoms with E-state index in [-0.39, 0.29) is 5.91 Å². The Hall–Kier alpha value is -1.55. The molecule has 1 saturated carbocycles. The zero-order valence-electron chi connectivity index (χ0n) is 12.7. The average Bonchev–Trinajstić information content (AvgIpc) is 2.76. The van der Waals surface area contributed by atoms with Gasteiger partial charge in [-0.1, -0.05) is 24.6 Å². The molecule has 0 saturated heterocycles. The first-order valence-corrected chi connectivity index (χ1v) is 8.50. The largest absolute Gasteiger partial charge is 0.397 e. The molecule has 1 fully saturated rings. The summed E-state index contributed by atoms with van der Waals surface area (Å²) in [4.78, 5) is 15.5. The molecule has 0 atom stereocenters. The van der Waals surface area contributed by atoms with Gasteiger partial charge in [-0.2, -0.15) is 0 Å². The van der Waals surface area contributed by atoms with E-state index in [1.165, 1.54) is 36.2 Å². The van der Waals surface area contributed by atoms with E-state index in [1.54, 1.807) is 0 Å². The van der Waals surface area contributed by atoms with Gasteiger partial charge in [0, 0.05) is 23.2 Å². The summed E-state index contributed by atoms with van der Waals surface area (Å²) in [6.45, 7) is 5.74. The normalized spacial score (nSPS) is 15.1. The maximum absolute atomic E-state index is 12.8. The van der Waals surface area contributed by atoms with Gasteiger partial charge >= 0.3 is 0 Å². The summed E-state index contributed by atoms with van der Waals surface area (Å²) in [5, 5.41) is 1.02. The number of hydrogen-bond acceptors (Lipinski definition) is 3. The fourth-order valence-corrected chi connectivity index (χ4v) is 4.08. The second-order valence-electron chi connectivity index (χ2n) is 5.94. The van der Waals surface area contributed by atoms with Crippen LogP contribution in [0.15, 0.2) is 18.2 Å². The minimum atomic E-state index is 0.0995. The number of nitrogen functional groups attached to an aromatic ring is 1. The van der Waals surface area contributed by atoms with Crippen LogP contribution in [0.25, 0.3) is 10.1 Å². The van der Waals surface area contributed by atoms with Crippen molar-refractivity contribution in [2.75, 3.05) is 18.8 Å². The summed E-state index contributed by atoms with van der Waals surface area (Å²) < 4.78 is 1.14. The third kappa shape index (κ3) is 2.53. The number of hydrogen-bond donors (Lipinski definition) is 1. The molecule has 1 aliphatic rings. The van der Waals surface area contributed by atoms with Crippen molar-refractivity contribution in [2.45, 2.75) is 33.1 Å². The van der Waals surface area contributed by atoms with Gasteiger partial charge in [0.2, 0.25) is 0 Å². The lowest BCUT2D eigenvalue weighted by Gasteiger charge is -2.31. The smallest absolute Gasteiger partial charge is 0.266 e. The van der Waals surface area contributed by atoms with Crippen LogP contribution in [0.1, 0.15) is 41.4 Å². The van der Waals surface area contributed by atoms with Crippen molar-refractivity contribution in [3.8, 4) is 0 Å². The van der Waals surface area contributed by atoms with Crippen LogP contribution >= 0.6 is 11.3 Å². The number of rotatable bonds is 4. The Bertz CT molecular complexity index is 673. The molecular formula is C17H22N2OS. The van der Waals surface area contributed by atoms with E-state index in [2.05, 4.69) is 13.0 Å². The van der Waals surface area contributed by atoms with Gasteiger partial charge in [0.25, 0.3) is 5.91 Å². The number of benzene rings is 1. The van der Waals surface area contributed by atoms with Gasteiger partial charge in [0.15, 0.2) is 0 Å². The SMILES string of the molecule is CCN(CC1CCC1)C(=O)c1sc2c(C)cccc2c1N. The van der Waals surface area contributed by atoms with Gasteiger partial charge in [-0.05, 0) is 38.2 Å². The summed E-state index contributed by atoms with van der Waals surface area (Å²) in [6, 6.07) is 6.08. The number of carbonyl (C=O) groups excluding carboxylic acids is 1. The van der Waals surface area contributed by atoms with Crippen molar-refractivity contribution in [1.82, 2.24) is 4.90 Å². The molecule has 2 aromatic rings. The molecule has 112 valence electrons. The minimum Gasteiger partial charge on any atom is -0.397 e. The van der Waals surface area contributed by atoms with Crippen LogP contribution in [-0.2, 0) is 0 Å². The van der Waals surface area contributed by atoms with E-state index in [0.717, 1.165) is 23.2 Å². The molecule has 0 radical (unpaired) electrons. The van der Waals surface area contributed by atoms with Gasteiger partial charge in [0.1, 0.15) is 4.88 Å². The van der Waals surface area contributed by atoms with E-state index in [4.69, 9.17) is 5.73 Å². The number of amides is 1. The molecule has 0 spiro atoms. The number of nitrogens with zero attached hydrogens (tertiary/aromatic N) is 1. The molecule has 21 heavy (non-hydrogen) atoms. The van der Waals surface area contributed by atoms with Gasteiger partial charge in [-0.15, -0.1) is 11.3 Å². The third-order valence-electron chi connectivity index (χ3n) is 4.52. The van der Waals surface area contributed by atoms with Crippen LogP contribution in [0.3, 0.4) is 0 Å². The molecule has 1 aliphatic carbocycles. The van der Waals surface area contributed by atoms with Gasteiger partial charge in [0.05, 0.1) is 5.69 Å². The first-order valence-electron chi connectivity index (χ1n) is 7.68. The molecule has 3 nitrogen and oxygen atoms in total. The average molecular weight is 302 g/mol. The van der Waals surface area contributed by atoms with Crippen LogP contribution < -0.4 is 5.73 Å². The molecule has 0 unspecified atom stereocenters. The van der Waals surface area contributed by atoms with Crippen molar-refractivity contribution < 1.29 is 4.79 Å². The Labute approximate surface area is 129 Å². The fraction of sp³-hybridized carbons (Fsp3) is 0.471.